The van der Waals surface area contributed by atoms with Crippen LogP contribution in [0.15, 0.2) is 42.2 Å². The number of nitrogens with zero attached hydrogens (tertiary/aromatic N) is 5. The zero-order valence-electron chi connectivity index (χ0n) is 23.2. The van der Waals surface area contributed by atoms with Gasteiger partial charge < -0.3 is 15.1 Å². The van der Waals surface area contributed by atoms with E-state index in [1.165, 1.54) is 19.3 Å². The third-order valence-electron chi connectivity index (χ3n) is 8.44. The van der Waals surface area contributed by atoms with Gasteiger partial charge in [-0.2, -0.15) is 0 Å². The van der Waals surface area contributed by atoms with Crippen LogP contribution in [0.25, 0.3) is 0 Å². The molecule has 39 heavy (non-hydrogen) atoms. The molecule has 1 aromatic heterocycles. The molecule has 0 spiro atoms. The lowest BCUT2D eigenvalue weighted by Gasteiger charge is -2.34. The first-order valence-electron chi connectivity index (χ1n) is 14.2. The first-order chi connectivity index (χ1) is 18.8. The van der Waals surface area contributed by atoms with E-state index < -0.39 is 0 Å². The molecule has 2 N–H and O–H groups in total. The van der Waals surface area contributed by atoms with Crippen molar-refractivity contribution in [1.82, 2.24) is 19.9 Å². The van der Waals surface area contributed by atoms with Crippen molar-refractivity contribution < 1.29 is 9.59 Å². The molecule has 4 heterocycles. The summed E-state index contributed by atoms with van der Waals surface area (Å²) in [7, 11) is 0. The minimum absolute atomic E-state index is 0.0321. The number of aromatic nitrogens is 1. The van der Waals surface area contributed by atoms with Crippen molar-refractivity contribution >= 4 is 40.6 Å². The molecule has 0 radical (unpaired) electrons. The summed E-state index contributed by atoms with van der Waals surface area (Å²) in [4.78, 5) is 42.6. The first-order valence-corrected chi connectivity index (χ1v) is 15.1. The number of aliphatic imine (C=N–C) groups is 1. The topological polar surface area (TPSA) is 93.2 Å². The van der Waals surface area contributed by atoms with Crippen molar-refractivity contribution in [2.45, 2.75) is 76.8 Å². The Hall–Kier alpha value is -3.01. The quantitative estimate of drug-likeness (QED) is 0.509. The summed E-state index contributed by atoms with van der Waals surface area (Å²) >= 11 is 1.11. The number of amides is 3. The van der Waals surface area contributed by atoms with Gasteiger partial charge in [-0.3, -0.25) is 14.4 Å². The molecule has 4 aliphatic rings. The predicted octanol–water partition coefficient (Wildman–Crippen LogP) is 5.08. The maximum atomic E-state index is 13.5. The van der Waals surface area contributed by atoms with Gasteiger partial charge in [0.05, 0.1) is 5.56 Å². The fourth-order valence-electron chi connectivity index (χ4n) is 6.48. The second-order valence-electron chi connectivity index (χ2n) is 11.7. The number of carbonyl (C=O) groups excluding carboxylic acids is 2. The maximum Gasteiger partial charge on any atom is 0.326 e. The van der Waals surface area contributed by atoms with Crippen LogP contribution >= 0.6 is 11.9 Å². The number of carbonyl (C=O) groups is 2. The van der Waals surface area contributed by atoms with Crippen molar-refractivity contribution in [3.63, 3.8) is 0 Å². The zero-order chi connectivity index (χ0) is 27.6. The van der Waals surface area contributed by atoms with Crippen molar-refractivity contribution in [3.05, 3.63) is 42.8 Å². The molecule has 0 aromatic carbocycles. The van der Waals surface area contributed by atoms with Crippen LogP contribution < -0.4 is 19.8 Å². The van der Waals surface area contributed by atoms with E-state index in [1.54, 1.807) is 11.0 Å². The van der Waals surface area contributed by atoms with Crippen molar-refractivity contribution in [1.29, 1.82) is 0 Å². The van der Waals surface area contributed by atoms with Crippen LogP contribution in [0.3, 0.4) is 0 Å². The van der Waals surface area contributed by atoms with E-state index in [4.69, 9.17) is 4.98 Å². The summed E-state index contributed by atoms with van der Waals surface area (Å²) in [6.45, 7) is 15.2. The van der Waals surface area contributed by atoms with Gasteiger partial charge in [0.2, 0.25) is 0 Å². The number of hydrogen-bond donors (Lipinski definition) is 2. The molecule has 9 nitrogen and oxygen atoms in total. The van der Waals surface area contributed by atoms with E-state index in [2.05, 4.69) is 46.9 Å². The maximum absolute atomic E-state index is 13.5. The van der Waals surface area contributed by atoms with Crippen LogP contribution in [0.4, 0.5) is 16.4 Å². The highest BCUT2D eigenvalue weighted by Crippen LogP contribution is 2.40. The third kappa shape index (κ3) is 5.95. The van der Waals surface area contributed by atoms with Crippen LogP contribution in [-0.2, 0) is 0 Å². The van der Waals surface area contributed by atoms with Crippen molar-refractivity contribution in [2.24, 2.45) is 10.9 Å². The smallest absolute Gasteiger partial charge is 0.326 e. The van der Waals surface area contributed by atoms with E-state index >= 15 is 0 Å². The lowest BCUT2D eigenvalue weighted by molar-refractivity contribution is 0.0984. The second kappa shape index (κ2) is 11.6. The Morgan fingerprint density at radius 1 is 1.10 bits per heavy atom. The Balaban J connectivity index is 1.47. The van der Waals surface area contributed by atoms with E-state index in [1.807, 2.05) is 17.0 Å². The van der Waals surface area contributed by atoms with E-state index in [0.717, 1.165) is 63.7 Å². The number of rotatable bonds is 3. The molecular weight excluding hydrogens is 510 g/mol. The molecular formula is C29H41N7O2S. The van der Waals surface area contributed by atoms with E-state index in [0.29, 0.717) is 46.6 Å². The normalized spacial score (nSPS) is 26.2. The van der Waals surface area contributed by atoms with Gasteiger partial charge in [0.1, 0.15) is 22.5 Å². The summed E-state index contributed by atoms with van der Waals surface area (Å²) in [6, 6.07) is 3.99. The van der Waals surface area contributed by atoms with Gasteiger partial charge in [-0.1, -0.05) is 32.4 Å². The molecule has 1 unspecified atom stereocenters. The Morgan fingerprint density at radius 3 is 2.67 bits per heavy atom. The van der Waals surface area contributed by atoms with E-state index in [-0.39, 0.29) is 17.5 Å². The molecule has 3 fully saturated rings. The summed E-state index contributed by atoms with van der Waals surface area (Å²) in [5, 5.41) is 3.82. The molecule has 1 atom stereocenters. The highest BCUT2D eigenvalue weighted by atomic mass is 32.2. The average molecular weight is 552 g/mol. The van der Waals surface area contributed by atoms with Crippen LogP contribution in [0.2, 0.25) is 0 Å². The number of pyridine rings is 1. The van der Waals surface area contributed by atoms with Gasteiger partial charge in [-0.25, -0.2) is 14.8 Å². The lowest BCUT2D eigenvalue weighted by Crippen LogP contribution is -2.42. The highest BCUT2D eigenvalue weighted by molar-refractivity contribution is 8.13. The Morgan fingerprint density at radius 2 is 1.90 bits per heavy atom. The highest BCUT2D eigenvalue weighted by Gasteiger charge is 2.41. The van der Waals surface area contributed by atoms with Crippen LogP contribution in [0.1, 0.15) is 75.6 Å². The van der Waals surface area contributed by atoms with Crippen LogP contribution in [0.5, 0.6) is 0 Å². The van der Waals surface area contributed by atoms with Crippen molar-refractivity contribution in [2.75, 3.05) is 36.0 Å². The zero-order valence-corrected chi connectivity index (χ0v) is 24.1. The standard InChI is InChI=1S/C29H41N7O2S/c1-5-25-31-20(2)30-15-9-10-21-18-29(3,4)36(19-21)26-23(27(37)33-39-25)13-14-24(32-26)35-17-16-34(28(35)38)22-11-7-6-8-12-22/h5,13-14,21-22,30H,1-2,6-12,15-19H2,3-4H3,(H,33,37)/b31-25+. The minimum atomic E-state index is -0.257. The fourth-order valence-corrected chi connectivity index (χ4v) is 7.03. The van der Waals surface area contributed by atoms with Crippen LogP contribution in [-0.4, -0.2) is 64.6 Å². The Kier molecular flexibility index (Phi) is 8.21. The number of hydrogen-bond acceptors (Lipinski definition) is 7. The largest absolute Gasteiger partial charge is 0.371 e. The van der Waals surface area contributed by atoms with E-state index in [9.17, 15) is 9.59 Å². The minimum Gasteiger partial charge on any atom is -0.371 e. The molecule has 1 saturated carbocycles. The molecule has 2 saturated heterocycles. The third-order valence-corrected chi connectivity index (χ3v) is 9.19. The van der Waals surface area contributed by atoms with Gasteiger partial charge in [0, 0.05) is 49.7 Å². The summed E-state index contributed by atoms with van der Waals surface area (Å²) in [5.74, 6) is 2.02. The van der Waals surface area contributed by atoms with Crippen LogP contribution in [0, 0.1) is 5.92 Å². The summed E-state index contributed by atoms with van der Waals surface area (Å²) < 4.78 is 2.91. The number of nitrogens with one attached hydrogen (secondary N) is 2. The molecule has 1 aliphatic carbocycles. The number of anilines is 2. The molecule has 3 amide bonds. The van der Waals surface area contributed by atoms with Gasteiger partial charge in [0.25, 0.3) is 5.91 Å². The Labute approximate surface area is 236 Å². The molecule has 10 heteroatoms. The van der Waals surface area contributed by atoms with Gasteiger partial charge in [0.15, 0.2) is 0 Å². The molecule has 5 rings (SSSR count). The lowest BCUT2D eigenvalue weighted by atomic mass is 9.93. The van der Waals surface area contributed by atoms with Gasteiger partial charge in [-0.15, -0.1) is 0 Å². The number of urea groups is 1. The first kappa shape index (κ1) is 27.6. The molecule has 2 bridgehead atoms. The van der Waals surface area contributed by atoms with Crippen molar-refractivity contribution in [3.8, 4) is 0 Å². The molecule has 1 aromatic rings. The number of fused-ring (bicyclic) bond motifs is 4. The molecule has 210 valence electrons. The SMILES string of the molecule is C=C/C1=N\C(=C)NCCCC2CN(c3nc(N4CCN(C5CCCCC5)C4=O)ccc3C(=O)NS1)C(C)(C)C2. The predicted molar refractivity (Wildman–Crippen MR) is 159 cm³/mol. The van der Waals surface area contributed by atoms with Gasteiger partial charge >= 0.3 is 6.03 Å². The van der Waals surface area contributed by atoms with Gasteiger partial charge in [-0.05, 0) is 70.1 Å². The molecule has 3 aliphatic heterocycles. The summed E-state index contributed by atoms with van der Waals surface area (Å²) in [6.07, 6.45) is 10.4. The second-order valence-corrected chi connectivity index (χ2v) is 12.5. The summed E-state index contributed by atoms with van der Waals surface area (Å²) in [5.41, 5.74) is 0.315. The Bertz CT molecular complexity index is 1160. The monoisotopic (exact) mass is 551 g/mol. The average Bonchev–Trinajstić information content (AvgIpc) is 3.46. The fraction of sp³-hybridized carbons (Fsp3) is 0.586.